The van der Waals surface area contributed by atoms with Gasteiger partial charge in [-0.25, -0.2) is 9.59 Å². The number of urea groups is 1. The van der Waals surface area contributed by atoms with Gasteiger partial charge in [0.1, 0.15) is 11.3 Å². The Morgan fingerprint density at radius 3 is 2.89 bits per heavy atom. The second-order valence-electron chi connectivity index (χ2n) is 6.85. The summed E-state index contributed by atoms with van der Waals surface area (Å²) in [4.78, 5) is 26.9. The Bertz CT molecular complexity index is 883. The van der Waals surface area contributed by atoms with Crippen LogP contribution in [0.2, 0.25) is 0 Å². The molecule has 2 atom stereocenters. The molecule has 4 rings (SSSR count). The van der Waals surface area contributed by atoms with Crippen LogP contribution < -0.4 is 5.32 Å². The number of furan rings is 1. The number of fused-ring (bicyclic) bond motifs is 3. The third-order valence-electron chi connectivity index (χ3n) is 5.35. The first-order chi connectivity index (χ1) is 13.1. The average Bonchev–Trinajstić information content (AvgIpc) is 3.25. The monoisotopic (exact) mass is 370 g/mol. The molecule has 3 heterocycles. The van der Waals surface area contributed by atoms with Gasteiger partial charge < -0.3 is 24.5 Å². The Morgan fingerprint density at radius 1 is 1.33 bits per heavy atom. The van der Waals surface area contributed by atoms with Crippen LogP contribution in [0.3, 0.4) is 0 Å². The van der Waals surface area contributed by atoms with Gasteiger partial charge in [-0.05, 0) is 31.4 Å². The van der Waals surface area contributed by atoms with Crippen LogP contribution in [0.15, 0.2) is 40.3 Å². The second kappa shape index (κ2) is 7.08. The zero-order valence-corrected chi connectivity index (χ0v) is 15.1. The molecule has 142 valence electrons. The number of nitrogens with one attached hydrogen (secondary N) is 1. The molecule has 0 spiro atoms. The van der Waals surface area contributed by atoms with Crippen LogP contribution in [-0.4, -0.2) is 54.4 Å². The Kier molecular flexibility index (Phi) is 4.61. The first-order valence-electron chi connectivity index (χ1n) is 9.11. The number of methoxy groups -OCH3 is 1. The van der Waals surface area contributed by atoms with E-state index in [9.17, 15) is 9.59 Å². The molecule has 0 aliphatic carbocycles. The summed E-state index contributed by atoms with van der Waals surface area (Å²) < 4.78 is 11.0. The molecule has 1 aromatic carbocycles. The molecule has 1 aromatic heterocycles. The molecule has 0 saturated carbocycles. The predicted octanol–water partition coefficient (Wildman–Crippen LogP) is 2.30. The fourth-order valence-electron chi connectivity index (χ4n) is 4.21. The lowest BCUT2D eigenvalue weighted by atomic mass is 9.91. The Labute approximate surface area is 156 Å². The van der Waals surface area contributed by atoms with Crippen LogP contribution in [0, 0.1) is 0 Å². The van der Waals surface area contributed by atoms with E-state index in [4.69, 9.17) is 14.3 Å². The number of nitrogens with zero attached hydrogens (tertiary/aromatic N) is 1. The average molecular weight is 370 g/mol. The van der Waals surface area contributed by atoms with Crippen LogP contribution in [-0.2, 0) is 9.53 Å². The molecule has 0 radical (unpaired) electrons. The highest BCUT2D eigenvalue weighted by Gasteiger charge is 2.47. The summed E-state index contributed by atoms with van der Waals surface area (Å²) in [6.07, 6.45) is 2.04. The molecule has 2 N–H and O–H groups in total. The number of rotatable bonds is 4. The van der Waals surface area contributed by atoms with Crippen molar-refractivity contribution in [3.63, 3.8) is 0 Å². The summed E-state index contributed by atoms with van der Waals surface area (Å²) in [5.74, 6) is 0.222. The van der Waals surface area contributed by atoms with Gasteiger partial charge in [0.2, 0.25) is 0 Å². The fraction of sp³-hybridized carbons (Fsp3) is 0.400. The SMILES string of the molecule is COC(=O)C1=C(c2cc3ccccc3o2)C[C@@H]2CC[C@H]1N2C(=O)NCCO. The second-order valence-corrected chi connectivity index (χ2v) is 6.85. The normalized spacial score (nSPS) is 21.6. The maximum atomic E-state index is 12.6. The zero-order valence-electron chi connectivity index (χ0n) is 15.1. The van der Waals surface area contributed by atoms with E-state index in [2.05, 4.69) is 5.32 Å². The van der Waals surface area contributed by atoms with Crippen molar-refractivity contribution in [2.24, 2.45) is 0 Å². The van der Waals surface area contributed by atoms with Crippen LogP contribution >= 0.6 is 0 Å². The molecular formula is C20H22N2O5. The van der Waals surface area contributed by atoms with Crippen molar-refractivity contribution in [3.8, 4) is 0 Å². The molecular weight excluding hydrogens is 348 g/mol. The smallest absolute Gasteiger partial charge is 0.336 e. The standard InChI is InChI=1S/C20H22N2O5/c1-26-19(24)18-14(17-10-12-4-2-3-5-16(12)27-17)11-13-6-7-15(18)22(13)20(25)21-8-9-23/h2-5,10,13,15,23H,6-9,11H2,1H3,(H,21,25)/t13-,15+/m0/s1. The van der Waals surface area contributed by atoms with Crippen molar-refractivity contribution >= 4 is 28.5 Å². The van der Waals surface area contributed by atoms with E-state index in [1.807, 2.05) is 30.3 Å². The van der Waals surface area contributed by atoms with Gasteiger partial charge in [-0.15, -0.1) is 0 Å². The summed E-state index contributed by atoms with van der Waals surface area (Å²) in [6, 6.07) is 9.02. The number of carbonyl (C=O) groups is 2. The minimum Gasteiger partial charge on any atom is -0.466 e. The van der Waals surface area contributed by atoms with Gasteiger partial charge >= 0.3 is 12.0 Å². The number of hydrogen-bond donors (Lipinski definition) is 2. The van der Waals surface area contributed by atoms with Crippen LogP contribution in [0.1, 0.15) is 25.0 Å². The first kappa shape index (κ1) is 17.6. The lowest BCUT2D eigenvalue weighted by Crippen LogP contribution is -2.51. The van der Waals surface area contributed by atoms with Gasteiger partial charge in [-0.3, -0.25) is 0 Å². The Balaban J connectivity index is 1.77. The number of aliphatic hydroxyl groups excluding tert-OH is 1. The summed E-state index contributed by atoms with van der Waals surface area (Å²) in [5, 5.41) is 12.6. The van der Waals surface area contributed by atoms with Crippen molar-refractivity contribution in [1.82, 2.24) is 10.2 Å². The maximum Gasteiger partial charge on any atom is 0.336 e. The highest BCUT2D eigenvalue weighted by Crippen LogP contribution is 2.44. The molecule has 1 fully saturated rings. The van der Waals surface area contributed by atoms with Crippen molar-refractivity contribution in [2.45, 2.75) is 31.3 Å². The van der Waals surface area contributed by atoms with Gasteiger partial charge in [-0.1, -0.05) is 18.2 Å². The minimum atomic E-state index is -0.434. The number of benzene rings is 1. The van der Waals surface area contributed by atoms with Gasteiger partial charge in [0.25, 0.3) is 0 Å². The molecule has 27 heavy (non-hydrogen) atoms. The summed E-state index contributed by atoms with van der Waals surface area (Å²) in [6.45, 7) is 0.0569. The van der Waals surface area contributed by atoms with Crippen LogP contribution in [0.5, 0.6) is 0 Å². The van der Waals surface area contributed by atoms with Crippen molar-refractivity contribution in [1.29, 1.82) is 0 Å². The highest BCUT2D eigenvalue weighted by molar-refractivity contribution is 6.01. The van der Waals surface area contributed by atoms with Gasteiger partial charge in [-0.2, -0.15) is 0 Å². The lowest BCUT2D eigenvalue weighted by molar-refractivity contribution is -0.136. The molecule has 7 nitrogen and oxygen atoms in total. The zero-order chi connectivity index (χ0) is 19.0. The topological polar surface area (TPSA) is 92.0 Å². The van der Waals surface area contributed by atoms with Gasteiger partial charge in [0, 0.05) is 23.5 Å². The van der Waals surface area contributed by atoms with E-state index in [-0.39, 0.29) is 31.3 Å². The van der Waals surface area contributed by atoms with E-state index in [1.54, 1.807) is 4.90 Å². The van der Waals surface area contributed by atoms with E-state index >= 15 is 0 Å². The summed E-state index contributed by atoms with van der Waals surface area (Å²) in [7, 11) is 1.35. The Morgan fingerprint density at radius 2 is 2.15 bits per heavy atom. The van der Waals surface area contributed by atoms with E-state index < -0.39 is 5.97 Å². The quantitative estimate of drug-likeness (QED) is 0.806. The number of para-hydroxylation sites is 1. The number of aliphatic hydroxyl groups is 1. The number of amides is 2. The van der Waals surface area contributed by atoms with Gasteiger partial charge in [0.05, 0.1) is 25.3 Å². The van der Waals surface area contributed by atoms with Crippen LogP contribution in [0.25, 0.3) is 16.5 Å². The summed E-state index contributed by atoms with van der Waals surface area (Å²) >= 11 is 0. The highest BCUT2D eigenvalue weighted by atomic mass is 16.5. The van der Waals surface area contributed by atoms with E-state index in [0.29, 0.717) is 24.2 Å². The molecule has 2 aromatic rings. The third kappa shape index (κ3) is 2.98. The number of carbonyl (C=O) groups excluding carboxylic acids is 2. The number of esters is 1. The molecule has 2 aliphatic heterocycles. The lowest BCUT2D eigenvalue weighted by Gasteiger charge is -2.36. The van der Waals surface area contributed by atoms with E-state index in [1.165, 1.54) is 7.11 Å². The van der Waals surface area contributed by atoms with Crippen molar-refractivity contribution < 1.29 is 23.8 Å². The molecule has 0 unspecified atom stereocenters. The maximum absolute atomic E-state index is 12.6. The molecule has 2 amide bonds. The van der Waals surface area contributed by atoms with Crippen molar-refractivity contribution in [2.75, 3.05) is 20.3 Å². The first-order valence-corrected chi connectivity index (χ1v) is 9.11. The predicted molar refractivity (Wildman–Crippen MR) is 98.9 cm³/mol. The van der Waals surface area contributed by atoms with Crippen molar-refractivity contribution in [3.05, 3.63) is 41.7 Å². The molecule has 2 bridgehead atoms. The van der Waals surface area contributed by atoms with Crippen LogP contribution in [0.4, 0.5) is 4.79 Å². The minimum absolute atomic E-state index is 0.00897. The van der Waals surface area contributed by atoms with Gasteiger partial charge in [0.15, 0.2) is 0 Å². The molecule has 1 saturated heterocycles. The molecule has 7 heteroatoms. The summed E-state index contributed by atoms with van der Waals surface area (Å²) in [5.41, 5.74) is 2.07. The molecule has 2 aliphatic rings. The number of hydrogen-bond acceptors (Lipinski definition) is 5. The Hall–Kier alpha value is -2.80. The van der Waals surface area contributed by atoms with E-state index in [0.717, 1.165) is 23.0 Å². The third-order valence-corrected chi connectivity index (χ3v) is 5.35. The fourth-order valence-corrected chi connectivity index (χ4v) is 4.21. The number of ether oxygens (including phenoxy) is 1. The largest absolute Gasteiger partial charge is 0.466 e.